The smallest absolute Gasteiger partial charge is 0.242 e. The van der Waals surface area contributed by atoms with Gasteiger partial charge in [-0.1, -0.05) is 23.2 Å². The number of benzene rings is 1. The zero-order valence-electron chi connectivity index (χ0n) is 12.0. The third-order valence-electron chi connectivity index (χ3n) is 4.20. The van der Waals surface area contributed by atoms with E-state index in [1.54, 1.807) is 0 Å². The molecule has 118 valence electrons. The second-order valence-corrected chi connectivity index (χ2v) is 8.09. The number of anilines is 1. The first-order valence-corrected chi connectivity index (χ1v) is 8.84. The van der Waals surface area contributed by atoms with Crippen LogP contribution in [-0.4, -0.2) is 39.5 Å². The van der Waals surface area contributed by atoms with Gasteiger partial charge in [0.15, 0.2) is 0 Å². The van der Waals surface area contributed by atoms with Crippen molar-refractivity contribution in [3.05, 3.63) is 22.2 Å². The fourth-order valence-corrected chi connectivity index (χ4v) is 4.31. The summed E-state index contributed by atoms with van der Waals surface area (Å²) >= 11 is 11.8. The van der Waals surface area contributed by atoms with Crippen LogP contribution in [0.2, 0.25) is 10.0 Å². The van der Waals surface area contributed by atoms with E-state index in [4.69, 9.17) is 28.9 Å². The van der Waals surface area contributed by atoms with Crippen LogP contribution >= 0.6 is 23.2 Å². The summed E-state index contributed by atoms with van der Waals surface area (Å²) in [5.41, 5.74) is 5.65. The van der Waals surface area contributed by atoms with Gasteiger partial charge in [-0.15, -0.1) is 0 Å². The fourth-order valence-electron chi connectivity index (χ4n) is 2.43. The Morgan fingerprint density at radius 2 is 1.95 bits per heavy atom. The first kappa shape index (κ1) is 16.8. The van der Waals surface area contributed by atoms with Crippen LogP contribution in [0.4, 0.5) is 5.69 Å². The highest BCUT2D eigenvalue weighted by atomic mass is 35.5. The fraction of sp³-hybridized carbons (Fsp3) is 0.538. The number of likely N-dealkylation sites (N-methyl/N-ethyl adjacent to an activating group) is 1. The average Bonchev–Trinajstić information content (AvgIpc) is 2.33. The zero-order valence-corrected chi connectivity index (χ0v) is 14.3. The van der Waals surface area contributed by atoms with Gasteiger partial charge in [0.1, 0.15) is 4.90 Å². The SMILES string of the molecule is CN(C)C1(CNS(=O)(=O)c2ccc(Cl)c(N)c2Cl)CCC1. The van der Waals surface area contributed by atoms with E-state index < -0.39 is 10.0 Å². The second-order valence-electron chi connectivity index (χ2n) is 5.57. The molecular weight excluding hydrogens is 333 g/mol. The van der Waals surface area contributed by atoms with E-state index in [0.717, 1.165) is 19.3 Å². The van der Waals surface area contributed by atoms with Gasteiger partial charge in [-0.3, -0.25) is 0 Å². The van der Waals surface area contributed by atoms with Crippen LogP contribution in [0, 0.1) is 0 Å². The molecule has 0 heterocycles. The lowest BCUT2D eigenvalue weighted by molar-refractivity contribution is 0.0657. The molecule has 1 aliphatic carbocycles. The molecule has 1 saturated carbocycles. The quantitative estimate of drug-likeness (QED) is 0.798. The lowest BCUT2D eigenvalue weighted by atomic mass is 9.76. The van der Waals surface area contributed by atoms with Crippen LogP contribution in [0.15, 0.2) is 17.0 Å². The molecule has 0 aliphatic heterocycles. The van der Waals surface area contributed by atoms with Crippen molar-refractivity contribution < 1.29 is 8.42 Å². The standard InChI is InChI=1S/C13H19Cl2N3O2S/c1-18(2)13(6-3-7-13)8-17-21(19,20)10-5-4-9(14)12(16)11(10)15/h4-5,17H,3,6-8,16H2,1-2H3. The molecule has 1 aromatic carbocycles. The molecule has 1 aliphatic rings. The minimum absolute atomic E-state index is 0.0393. The van der Waals surface area contributed by atoms with E-state index in [2.05, 4.69) is 9.62 Å². The van der Waals surface area contributed by atoms with Crippen molar-refractivity contribution in [2.75, 3.05) is 26.4 Å². The summed E-state index contributed by atoms with van der Waals surface area (Å²) in [5, 5.41) is 0.199. The van der Waals surface area contributed by atoms with Gasteiger partial charge in [0.25, 0.3) is 0 Å². The number of sulfonamides is 1. The van der Waals surface area contributed by atoms with Gasteiger partial charge in [0.05, 0.1) is 15.7 Å². The van der Waals surface area contributed by atoms with Crippen molar-refractivity contribution >= 4 is 38.9 Å². The lowest BCUT2D eigenvalue weighted by Crippen LogP contribution is -2.57. The maximum Gasteiger partial charge on any atom is 0.242 e. The van der Waals surface area contributed by atoms with Crippen LogP contribution in [-0.2, 0) is 10.0 Å². The van der Waals surface area contributed by atoms with E-state index in [1.807, 2.05) is 14.1 Å². The van der Waals surface area contributed by atoms with Crippen molar-refractivity contribution in [1.82, 2.24) is 9.62 Å². The van der Waals surface area contributed by atoms with Gasteiger partial charge in [-0.05, 0) is 45.5 Å². The maximum absolute atomic E-state index is 12.4. The van der Waals surface area contributed by atoms with Crippen molar-refractivity contribution in [2.45, 2.75) is 29.7 Å². The average molecular weight is 352 g/mol. The minimum Gasteiger partial charge on any atom is -0.396 e. The summed E-state index contributed by atoms with van der Waals surface area (Å²) in [6.45, 7) is 0.348. The van der Waals surface area contributed by atoms with Gasteiger partial charge < -0.3 is 10.6 Å². The topological polar surface area (TPSA) is 75.4 Å². The number of nitrogens with one attached hydrogen (secondary N) is 1. The van der Waals surface area contributed by atoms with Gasteiger partial charge in [0, 0.05) is 12.1 Å². The van der Waals surface area contributed by atoms with Gasteiger partial charge >= 0.3 is 0 Å². The van der Waals surface area contributed by atoms with E-state index in [0.29, 0.717) is 6.54 Å². The molecule has 0 unspecified atom stereocenters. The lowest BCUT2D eigenvalue weighted by Gasteiger charge is -2.47. The summed E-state index contributed by atoms with van der Waals surface area (Å²) in [5.74, 6) is 0. The molecule has 0 atom stereocenters. The predicted octanol–water partition coefficient (Wildman–Crippen LogP) is 2.34. The Kier molecular flexibility index (Phi) is 4.75. The third-order valence-corrected chi connectivity index (χ3v) is 6.50. The highest BCUT2D eigenvalue weighted by Crippen LogP contribution is 2.37. The number of nitrogens with zero attached hydrogens (tertiary/aromatic N) is 1. The molecule has 8 heteroatoms. The minimum atomic E-state index is -3.72. The summed E-state index contributed by atoms with van der Waals surface area (Å²) in [7, 11) is 0.198. The molecule has 5 nitrogen and oxygen atoms in total. The third kappa shape index (κ3) is 3.14. The Morgan fingerprint density at radius 3 is 2.43 bits per heavy atom. The predicted molar refractivity (Wildman–Crippen MR) is 86.3 cm³/mol. The van der Waals surface area contributed by atoms with Gasteiger partial charge in [-0.2, -0.15) is 0 Å². The number of hydrogen-bond acceptors (Lipinski definition) is 4. The number of hydrogen-bond donors (Lipinski definition) is 2. The van der Waals surface area contributed by atoms with E-state index in [1.165, 1.54) is 12.1 Å². The van der Waals surface area contributed by atoms with Crippen LogP contribution in [0.1, 0.15) is 19.3 Å². The maximum atomic E-state index is 12.4. The molecule has 0 aromatic heterocycles. The normalized spacial score (nSPS) is 17.8. The van der Waals surface area contributed by atoms with Gasteiger partial charge in [-0.25, -0.2) is 13.1 Å². The Hall–Kier alpha value is -0.530. The first-order valence-electron chi connectivity index (χ1n) is 6.60. The van der Waals surface area contributed by atoms with Crippen LogP contribution in [0.3, 0.4) is 0 Å². The Labute approximate surface area is 135 Å². The van der Waals surface area contributed by atoms with E-state index in [-0.39, 0.29) is 26.2 Å². The molecule has 2 rings (SSSR count). The number of nitrogen functional groups attached to an aromatic ring is 1. The van der Waals surface area contributed by atoms with Gasteiger partial charge in [0.2, 0.25) is 10.0 Å². The Morgan fingerprint density at radius 1 is 1.33 bits per heavy atom. The van der Waals surface area contributed by atoms with Crippen LogP contribution in [0.25, 0.3) is 0 Å². The molecule has 3 N–H and O–H groups in total. The number of halogens is 2. The van der Waals surface area contributed by atoms with Crippen LogP contribution in [0.5, 0.6) is 0 Å². The largest absolute Gasteiger partial charge is 0.396 e. The molecule has 0 amide bonds. The van der Waals surface area contributed by atoms with Crippen molar-refractivity contribution in [3.63, 3.8) is 0 Å². The second kappa shape index (κ2) is 5.93. The highest BCUT2D eigenvalue weighted by molar-refractivity contribution is 7.89. The summed E-state index contributed by atoms with van der Waals surface area (Å²) < 4.78 is 27.5. The van der Waals surface area contributed by atoms with Crippen molar-refractivity contribution in [1.29, 1.82) is 0 Å². The van der Waals surface area contributed by atoms with Crippen LogP contribution < -0.4 is 10.5 Å². The van der Waals surface area contributed by atoms with Crippen molar-refractivity contribution in [2.24, 2.45) is 0 Å². The van der Waals surface area contributed by atoms with E-state index in [9.17, 15) is 8.42 Å². The summed E-state index contributed by atoms with van der Waals surface area (Å²) in [6.07, 6.45) is 3.05. The molecule has 0 radical (unpaired) electrons. The summed E-state index contributed by atoms with van der Waals surface area (Å²) in [4.78, 5) is 2.02. The molecular formula is C13H19Cl2N3O2S. The molecule has 21 heavy (non-hydrogen) atoms. The monoisotopic (exact) mass is 351 g/mol. The Balaban J connectivity index is 2.22. The zero-order chi connectivity index (χ0) is 15.8. The highest BCUT2D eigenvalue weighted by Gasteiger charge is 2.40. The van der Waals surface area contributed by atoms with Crippen molar-refractivity contribution in [3.8, 4) is 0 Å². The first-order chi connectivity index (χ1) is 9.69. The number of rotatable bonds is 5. The molecule has 1 aromatic rings. The molecule has 0 spiro atoms. The molecule has 0 bridgehead atoms. The Bertz CT molecular complexity index is 643. The van der Waals surface area contributed by atoms with E-state index >= 15 is 0 Å². The summed E-state index contributed by atoms with van der Waals surface area (Å²) in [6, 6.07) is 2.80. The number of nitrogens with two attached hydrogens (primary N) is 1. The molecule has 1 fully saturated rings. The molecule has 0 saturated heterocycles.